The fourth-order valence-corrected chi connectivity index (χ4v) is 2.34. The summed E-state index contributed by atoms with van der Waals surface area (Å²) in [5.41, 5.74) is 0.392. The van der Waals surface area contributed by atoms with Crippen LogP contribution in [0.3, 0.4) is 0 Å². The first-order valence-corrected chi connectivity index (χ1v) is 8.44. The summed E-state index contributed by atoms with van der Waals surface area (Å²) in [4.78, 5) is 15.8. The maximum atomic E-state index is 13.1. The Kier molecular flexibility index (Phi) is 7.36. The van der Waals surface area contributed by atoms with E-state index < -0.39 is 17.6 Å². The lowest BCUT2D eigenvalue weighted by atomic mass is 10.1. The average molecular weight is 396 g/mol. The van der Waals surface area contributed by atoms with E-state index in [1.807, 2.05) is 0 Å². The molecule has 1 amide bonds. The molecule has 0 heterocycles. The van der Waals surface area contributed by atoms with Crippen molar-refractivity contribution in [2.45, 2.75) is 12.6 Å². The van der Waals surface area contributed by atoms with Gasteiger partial charge in [-0.05, 0) is 42.3 Å². The van der Waals surface area contributed by atoms with Crippen LogP contribution in [0.15, 0.2) is 53.5 Å². The smallest absolute Gasteiger partial charge is 0.356 e. The van der Waals surface area contributed by atoms with Gasteiger partial charge in [0, 0.05) is 19.3 Å². The van der Waals surface area contributed by atoms with Gasteiger partial charge in [0.25, 0.3) is 0 Å². The lowest BCUT2D eigenvalue weighted by molar-refractivity contribution is -0.137. The summed E-state index contributed by atoms with van der Waals surface area (Å²) >= 11 is 0. The molecule has 0 aliphatic rings. The molecule has 5 nitrogen and oxygen atoms in total. The quantitative estimate of drug-likeness (QED) is 0.399. The van der Waals surface area contributed by atoms with Gasteiger partial charge in [0.1, 0.15) is 5.82 Å². The van der Waals surface area contributed by atoms with Crippen molar-refractivity contribution in [3.8, 4) is 0 Å². The van der Waals surface area contributed by atoms with Crippen LogP contribution in [0.2, 0.25) is 0 Å². The molecule has 0 atom stereocenters. The monoisotopic (exact) mass is 396 g/mol. The van der Waals surface area contributed by atoms with E-state index in [1.54, 1.807) is 6.07 Å². The molecule has 0 unspecified atom stereocenters. The molecule has 2 rings (SSSR count). The van der Waals surface area contributed by atoms with E-state index in [9.17, 15) is 22.4 Å². The van der Waals surface area contributed by atoms with Gasteiger partial charge in [0.2, 0.25) is 5.91 Å². The molecule has 3 N–H and O–H groups in total. The molecule has 0 aliphatic carbocycles. The van der Waals surface area contributed by atoms with Crippen molar-refractivity contribution in [2.75, 3.05) is 25.5 Å². The number of rotatable bonds is 6. The molecule has 0 saturated carbocycles. The van der Waals surface area contributed by atoms with Crippen LogP contribution >= 0.6 is 0 Å². The first-order chi connectivity index (χ1) is 13.3. The van der Waals surface area contributed by atoms with Crippen LogP contribution in [0.5, 0.6) is 0 Å². The standard InChI is InChI=1S/C19H20F4N4O/c1-24-18(26-12-17(28)27-16-4-2-3-15(20)11-16)25-10-9-13-5-7-14(8-6-13)19(21,22)23/h2-8,11H,9-10,12H2,1H3,(H,27,28)(H2,24,25,26). The predicted octanol–water partition coefficient (Wildman–Crippen LogP) is 3.19. The van der Waals surface area contributed by atoms with Gasteiger partial charge in [-0.1, -0.05) is 18.2 Å². The first kappa shape index (κ1) is 21.2. The number of aliphatic imine (C=N–C) groups is 1. The van der Waals surface area contributed by atoms with Crippen molar-refractivity contribution in [3.63, 3.8) is 0 Å². The topological polar surface area (TPSA) is 65.5 Å². The highest BCUT2D eigenvalue weighted by molar-refractivity contribution is 5.94. The van der Waals surface area contributed by atoms with Gasteiger partial charge in [-0.25, -0.2) is 4.39 Å². The zero-order chi connectivity index (χ0) is 20.6. The summed E-state index contributed by atoms with van der Waals surface area (Å²) in [6, 6.07) is 10.5. The average Bonchev–Trinajstić information content (AvgIpc) is 2.64. The van der Waals surface area contributed by atoms with E-state index >= 15 is 0 Å². The van der Waals surface area contributed by atoms with Gasteiger partial charge in [0.15, 0.2) is 5.96 Å². The van der Waals surface area contributed by atoms with Gasteiger partial charge >= 0.3 is 6.18 Å². The van der Waals surface area contributed by atoms with Gasteiger partial charge < -0.3 is 16.0 Å². The van der Waals surface area contributed by atoms with E-state index in [2.05, 4.69) is 20.9 Å². The number of guanidine groups is 1. The number of carbonyl (C=O) groups excluding carboxylic acids is 1. The Morgan fingerprint density at radius 1 is 1.07 bits per heavy atom. The maximum absolute atomic E-state index is 13.1. The molecule has 0 aliphatic heterocycles. The van der Waals surface area contributed by atoms with Crippen molar-refractivity contribution < 1.29 is 22.4 Å². The number of alkyl halides is 3. The highest BCUT2D eigenvalue weighted by Gasteiger charge is 2.29. The molecule has 0 saturated heterocycles. The van der Waals surface area contributed by atoms with Crippen LogP contribution in [0.1, 0.15) is 11.1 Å². The molecule has 9 heteroatoms. The minimum atomic E-state index is -4.35. The van der Waals surface area contributed by atoms with E-state index in [1.165, 1.54) is 37.4 Å². The fourth-order valence-electron chi connectivity index (χ4n) is 2.34. The lowest BCUT2D eigenvalue weighted by Gasteiger charge is -2.12. The molecule has 2 aromatic rings. The summed E-state index contributed by atoms with van der Waals surface area (Å²) in [7, 11) is 1.53. The summed E-state index contributed by atoms with van der Waals surface area (Å²) in [6.07, 6.45) is -3.87. The lowest BCUT2D eigenvalue weighted by Crippen LogP contribution is -2.42. The number of carbonyl (C=O) groups is 1. The molecule has 2 aromatic carbocycles. The molecule has 0 fully saturated rings. The molecule has 0 bridgehead atoms. The third-order valence-electron chi connectivity index (χ3n) is 3.74. The van der Waals surface area contributed by atoms with E-state index in [-0.39, 0.29) is 12.5 Å². The second-order valence-electron chi connectivity index (χ2n) is 5.86. The molecule has 0 aromatic heterocycles. The number of amides is 1. The Morgan fingerprint density at radius 3 is 2.39 bits per heavy atom. The number of nitrogens with one attached hydrogen (secondary N) is 3. The zero-order valence-corrected chi connectivity index (χ0v) is 15.1. The van der Waals surface area contributed by atoms with E-state index in [4.69, 9.17) is 0 Å². The van der Waals surface area contributed by atoms with Crippen LogP contribution in [0.4, 0.5) is 23.2 Å². The van der Waals surface area contributed by atoms with Gasteiger partial charge in [-0.15, -0.1) is 0 Å². The summed E-state index contributed by atoms with van der Waals surface area (Å²) in [5.74, 6) is -0.468. The van der Waals surface area contributed by atoms with Crippen LogP contribution in [-0.2, 0) is 17.4 Å². The second kappa shape index (κ2) is 9.72. The van der Waals surface area contributed by atoms with Crippen molar-refractivity contribution in [1.82, 2.24) is 10.6 Å². The minimum absolute atomic E-state index is 0.0868. The van der Waals surface area contributed by atoms with Crippen LogP contribution < -0.4 is 16.0 Å². The van der Waals surface area contributed by atoms with Crippen molar-refractivity contribution in [1.29, 1.82) is 0 Å². The fraction of sp³-hybridized carbons (Fsp3) is 0.263. The van der Waals surface area contributed by atoms with Crippen LogP contribution in [0.25, 0.3) is 0 Å². The van der Waals surface area contributed by atoms with E-state index in [0.29, 0.717) is 24.6 Å². The number of hydrogen-bond acceptors (Lipinski definition) is 2. The minimum Gasteiger partial charge on any atom is -0.356 e. The summed E-state index contributed by atoms with van der Waals surface area (Å²) in [5, 5.41) is 8.32. The second-order valence-corrected chi connectivity index (χ2v) is 5.86. The van der Waals surface area contributed by atoms with Gasteiger partial charge in [-0.2, -0.15) is 13.2 Å². The number of benzene rings is 2. The van der Waals surface area contributed by atoms with Crippen LogP contribution in [-0.4, -0.2) is 32.0 Å². The maximum Gasteiger partial charge on any atom is 0.416 e. The summed E-state index contributed by atoms with van der Waals surface area (Å²) in [6.45, 7) is 0.326. The third kappa shape index (κ3) is 6.90. The van der Waals surface area contributed by atoms with Crippen LogP contribution in [0, 0.1) is 5.82 Å². The SMILES string of the molecule is CN=C(NCCc1ccc(C(F)(F)F)cc1)NCC(=O)Nc1cccc(F)c1. The van der Waals surface area contributed by atoms with Gasteiger partial charge in [0.05, 0.1) is 12.1 Å². The Labute approximate surface area is 159 Å². The predicted molar refractivity (Wildman–Crippen MR) is 99.5 cm³/mol. The molecule has 28 heavy (non-hydrogen) atoms. The Balaban J connectivity index is 1.74. The number of anilines is 1. The molecular weight excluding hydrogens is 376 g/mol. The normalized spacial score (nSPS) is 11.8. The van der Waals surface area contributed by atoms with E-state index in [0.717, 1.165) is 17.7 Å². The largest absolute Gasteiger partial charge is 0.416 e. The molecule has 0 radical (unpaired) electrons. The van der Waals surface area contributed by atoms with Crippen molar-refractivity contribution >= 4 is 17.6 Å². The molecule has 0 spiro atoms. The molecular formula is C19H20F4N4O. The summed E-state index contributed by atoms with van der Waals surface area (Å²) < 4.78 is 50.7. The highest BCUT2D eigenvalue weighted by Crippen LogP contribution is 2.29. The van der Waals surface area contributed by atoms with Crippen molar-refractivity contribution in [3.05, 3.63) is 65.5 Å². The Hall–Kier alpha value is -3.10. The highest BCUT2D eigenvalue weighted by atomic mass is 19.4. The van der Waals surface area contributed by atoms with Crippen molar-refractivity contribution in [2.24, 2.45) is 4.99 Å². The Bertz CT molecular complexity index is 819. The van der Waals surface area contributed by atoms with Gasteiger partial charge in [-0.3, -0.25) is 9.79 Å². The third-order valence-corrected chi connectivity index (χ3v) is 3.74. The number of halogens is 4. The first-order valence-electron chi connectivity index (χ1n) is 8.44. The Morgan fingerprint density at radius 2 is 1.79 bits per heavy atom. The number of hydrogen-bond donors (Lipinski definition) is 3. The zero-order valence-electron chi connectivity index (χ0n) is 15.1. The molecule has 150 valence electrons. The number of nitrogens with zero attached hydrogens (tertiary/aromatic N) is 1.